The zero-order valence-electron chi connectivity index (χ0n) is 19.1. The molecule has 1 aromatic carbocycles. The number of nitrogens with one attached hydrogen (secondary N) is 1. The average molecular weight is 431 g/mol. The third-order valence-corrected chi connectivity index (χ3v) is 5.96. The Morgan fingerprint density at radius 1 is 1.22 bits per heavy atom. The molecule has 3 aromatic rings. The second-order valence-electron chi connectivity index (χ2n) is 9.22. The van der Waals surface area contributed by atoms with Crippen LogP contribution in [-0.2, 0) is 11.2 Å². The molecule has 2 atom stereocenters. The van der Waals surface area contributed by atoms with E-state index in [0.29, 0.717) is 12.2 Å². The summed E-state index contributed by atoms with van der Waals surface area (Å²) in [5.41, 5.74) is 3.93. The minimum Gasteiger partial charge on any atom is -0.480 e. The van der Waals surface area contributed by atoms with Crippen molar-refractivity contribution in [2.24, 2.45) is 5.41 Å². The van der Waals surface area contributed by atoms with Crippen LogP contribution in [0.4, 0.5) is 0 Å². The number of rotatable bonds is 6. The molecule has 0 radical (unpaired) electrons. The smallest absolute Gasteiger partial charge is 0.261 e. The van der Waals surface area contributed by atoms with Crippen molar-refractivity contribution in [1.82, 2.24) is 20.3 Å². The normalized spacial score (nSPS) is 17.8. The first kappa shape index (κ1) is 21.9. The number of benzene rings is 1. The number of aromatic nitrogens is 3. The molecule has 1 N–H and O–H groups in total. The van der Waals surface area contributed by atoms with E-state index in [0.717, 1.165) is 41.0 Å². The fraction of sp³-hybridized carbons (Fsp3) is 0.385. The maximum atomic E-state index is 13.2. The van der Waals surface area contributed by atoms with Crippen molar-refractivity contribution in [2.75, 3.05) is 0 Å². The first-order valence-corrected chi connectivity index (χ1v) is 11.1. The number of carbonyl (C=O) groups is 1. The van der Waals surface area contributed by atoms with Crippen LogP contribution in [-0.4, -0.2) is 27.0 Å². The number of amides is 1. The van der Waals surface area contributed by atoms with Crippen LogP contribution in [0.5, 0.6) is 5.75 Å². The van der Waals surface area contributed by atoms with Crippen LogP contribution in [0, 0.1) is 12.3 Å². The van der Waals surface area contributed by atoms with Crippen molar-refractivity contribution in [2.45, 2.75) is 59.1 Å². The molecule has 1 aliphatic rings. The van der Waals surface area contributed by atoms with Crippen molar-refractivity contribution in [3.8, 4) is 17.1 Å². The van der Waals surface area contributed by atoms with Crippen LogP contribution in [0.25, 0.3) is 11.4 Å². The van der Waals surface area contributed by atoms with Gasteiger partial charge in [-0.2, -0.15) is 0 Å². The average Bonchev–Trinajstić information content (AvgIpc) is 2.78. The molecular weight excluding hydrogens is 400 g/mol. The zero-order valence-corrected chi connectivity index (χ0v) is 19.1. The van der Waals surface area contributed by atoms with E-state index in [9.17, 15) is 4.79 Å². The summed E-state index contributed by atoms with van der Waals surface area (Å²) in [5, 5.41) is 3.23. The van der Waals surface area contributed by atoms with Gasteiger partial charge < -0.3 is 10.1 Å². The van der Waals surface area contributed by atoms with Gasteiger partial charge >= 0.3 is 0 Å². The van der Waals surface area contributed by atoms with Gasteiger partial charge in [-0.05, 0) is 55.4 Å². The van der Waals surface area contributed by atoms with Gasteiger partial charge in [0.1, 0.15) is 5.75 Å². The van der Waals surface area contributed by atoms with E-state index in [4.69, 9.17) is 9.72 Å². The van der Waals surface area contributed by atoms with E-state index in [1.54, 1.807) is 12.4 Å². The molecule has 0 aliphatic heterocycles. The van der Waals surface area contributed by atoms with Gasteiger partial charge in [0, 0.05) is 29.7 Å². The third-order valence-electron chi connectivity index (χ3n) is 5.96. The number of pyridine rings is 1. The van der Waals surface area contributed by atoms with E-state index >= 15 is 0 Å². The second-order valence-corrected chi connectivity index (χ2v) is 9.22. The minimum absolute atomic E-state index is 0.00734. The molecule has 2 heterocycles. The molecule has 4 rings (SSSR count). The van der Waals surface area contributed by atoms with Gasteiger partial charge in [-0.15, -0.1) is 0 Å². The monoisotopic (exact) mass is 430 g/mol. The van der Waals surface area contributed by atoms with Gasteiger partial charge in [0.2, 0.25) is 0 Å². The summed E-state index contributed by atoms with van der Waals surface area (Å²) in [7, 11) is 0. The topological polar surface area (TPSA) is 77.0 Å². The number of carbonyl (C=O) groups excluding carboxylic acids is 1. The number of ether oxygens (including phenoxy) is 1. The van der Waals surface area contributed by atoms with E-state index in [1.165, 1.54) is 0 Å². The number of fused-ring (bicyclic) bond motifs is 1. The standard InChI is InChI=1S/C26H30N4O2/c1-5-22(32-23-9-7-6-8-17(23)2)25(31)30-21-15-26(3,4)14-20-19(21)16-28-24(29-20)18-10-12-27-13-11-18/h6-13,16,21-22H,5,14-15H2,1-4H3,(H,30,31)/t21-,22-/m0/s1. The summed E-state index contributed by atoms with van der Waals surface area (Å²) in [5.74, 6) is 1.31. The molecule has 166 valence electrons. The van der Waals surface area contributed by atoms with Crippen LogP contribution in [0.3, 0.4) is 0 Å². The third kappa shape index (κ3) is 4.79. The molecular formula is C26H30N4O2. The van der Waals surface area contributed by atoms with Crippen LogP contribution >= 0.6 is 0 Å². The molecule has 0 saturated carbocycles. The van der Waals surface area contributed by atoms with Crippen molar-refractivity contribution in [3.05, 3.63) is 71.8 Å². The lowest BCUT2D eigenvalue weighted by molar-refractivity contribution is -0.129. The van der Waals surface area contributed by atoms with E-state index in [-0.39, 0.29) is 17.4 Å². The highest BCUT2D eigenvalue weighted by atomic mass is 16.5. The Kier molecular flexibility index (Phi) is 6.21. The first-order chi connectivity index (χ1) is 15.4. The Morgan fingerprint density at radius 3 is 2.69 bits per heavy atom. The van der Waals surface area contributed by atoms with Crippen molar-refractivity contribution in [1.29, 1.82) is 0 Å². The van der Waals surface area contributed by atoms with E-state index in [1.807, 2.05) is 56.4 Å². The van der Waals surface area contributed by atoms with Crippen molar-refractivity contribution < 1.29 is 9.53 Å². The van der Waals surface area contributed by atoms with Gasteiger partial charge in [-0.1, -0.05) is 39.0 Å². The molecule has 0 saturated heterocycles. The first-order valence-electron chi connectivity index (χ1n) is 11.1. The SMILES string of the molecule is CC[C@H](Oc1ccccc1C)C(=O)N[C@H]1CC(C)(C)Cc2nc(-c3ccncc3)ncc21. The van der Waals surface area contributed by atoms with Crippen molar-refractivity contribution >= 4 is 5.91 Å². The minimum atomic E-state index is -0.554. The molecule has 1 amide bonds. The Hall–Kier alpha value is -3.28. The maximum absolute atomic E-state index is 13.2. The number of aryl methyl sites for hydroxylation is 1. The number of nitrogens with zero attached hydrogens (tertiary/aromatic N) is 3. The van der Waals surface area contributed by atoms with Crippen LogP contribution in [0.2, 0.25) is 0 Å². The summed E-state index contributed by atoms with van der Waals surface area (Å²) in [6.45, 7) is 8.37. The lowest BCUT2D eigenvalue weighted by Crippen LogP contribution is -2.43. The molecule has 1 aliphatic carbocycles. The predicted octanol–water partition coefficient (Wildman–Crippen LogP) is 4.83. The fourth-order valence-electron chi connectivity index (χ4n) is 4.24. The quantitative estimate of drug-likeness (QED) is 0.606. The molecule has 0 bridgehead atoms. The number of hydrogen-bond acceptors (Lipinski definition) is 5. The Bertz CT molecular complexity index is 1100. The van der Waals surface area contributed by atoms with Crippen LogP contribution in [0.15, 0.2) is 55.0 Å². The van der Waals surface area contributed by atoms with Crippen molar-refractivity contribution in [3.63, 3.8) is 0 Å². The van der Waals surface area contributed by atoms with Crippen LogP contribution < -0.4 is 10.1 Å². The van der Waals surface area contributed by atoms with E-state index < -0.39 is 6.10 Å². The van der Waals surface area contributed by atoms with Crippen LogP contribution in [0.1, 0.15) is 56.5 Å². The highest BCUT2D eigenvalue weighted by molar-refractivity contribution is 5.81. The molecule has 0 spiro atoms. The van der Waals surface area contributed by atoms with Gasteiger partial charge in [-0.25, -0.2) is 9.97 Å². The largest absolute Gasteiger partial charge is 0.480 e. The fourth-order valence-corrected chi connectivity index (χ4v) is 4.24. The van der Waals surface area contributed by atoms with E-state index in [2.05, 4.69) is 29.1 Å². The van der Waals surface area contributed by atoms with Gasteiger partial charge in [-0.3, -0.25) is 9.78 Å². The Morgan fingerprint density at radius 2 is 1.97 bits per heavy atom. The predicted molar refractivity (Wildman–Crippen MR) is 124 cm³/mol. The zero-order chi connectivity index (χ0) is 22.7. The molecule has 0 fully saturated rings. The van der Waals surface area contributed by atoms with Gasteiger partial charge in [0.25, 0.3) is 5.91 Å². The Balaban J connectivity index is 1.57. The molecule has 6 nitrogen and oxygen atoms in total. The summed E-state index contributed by atoms with van der Waals surface area (Å²) in [6, 6.07) is 11.4. The molecule has 2 aromatic heterocycles. The summed E-state index contributed by atoms with van der Waals surface area (Å²) in [4.78, 5) is 26.7. The second kappa shape index (κ2) is 9.07. The summed E-state index contributed by atoms with van der Waals surface area (Å²) in [6.07, 6.45) is 7.04. The molecule has 6 heteroatoms. The molecule has 32 heavy (non-hydrogen) atoms. The summed E-state index contributed by atoms with van der Waals surface area (Å²) >= 11 is 0. The maximum Gasteiger partial charge on any atom is 0.261 e. The molecule has 0 unspecified atom stereocenters. The lowest BCUT2D eigenvalue weighted by atomic mass is 9.74. The highest BCUT2D eigenvalue weighted by Gasteiger charge is 2.35. The Labute approximate surface area is 189 Å². The summed E-state index contributed by atoms with van der Waals surface area (Å²) < 4.78 is 6.07. The number of hydrogen-bond donors (Lipinski definition) is 1. The number of para-hydroxylation sites is 1. The highest BCUT2D eigenvalue weighted by Crippen LogP contribution is 2.40. The lowest BCUT2D eigenvalue weighted by Gasteiger charge is -2.37. The van der Waals surface area contributed by atoms with Gasteiger partial charge in [0.05, 0.1) is 11.7 Å². The van der Waals surface area contributed by atoms with Gasteiger partial charge in [0.15, 0.2) is 11.9 Å².